The van der Waals surface area contributed by atoms with Crippen LogP contribution < -0.4 is 5.32 Å². The number of aryl methyl sites for hydroxylation is 1. The number of benzene rings is 1. The van der Waals surface area contributed by atoms with Crippen LogP contribution in [0.1, 0.15) is 35.2 Å². The number of hydrogen-bond donors (Lipinski definition) is 1. The Bertz CT molecular complexity index is 382. The molecule has 1 N–H and O–H groups in total. The molecule has 17 heavy (non-hydrogen) atoms. The summed E-state index contributed by atoms with van der Waals surface area (Å²) in [5.74, 6) is 0.0262. The van der Waals surface area contributed by atoms with Gasteiger partial charge in [-0.3, -0.25) is 4.79 Å². The molecule has 1 rings (SSSR count). The van der Waals surface area contributed by atoms with Gasteiger partial charge in [-0.05, 0) is 41.9 Å². The van der Waals surface area contributed by atoms with Crippen LogP contribution in [-0.2, 0) is 0 Å². The lowest BCUT2D eigenvalue weighted by Gasteiger charge is -2.07. The molecule has 0 atom stereocenters. The van der Waals surface area contributed by atoms with E-state index >= 15 is 0 Å². The van der Waals surface area contributed by atoms with E-state index < -0.39 is 0 Å². The minimum atomic E-state index is 0.0262. The number of nitrogens with one attached hydrogen (secondary N) is 1. The molecule has 0 spiro atoms. The molecular weight excluding hydrogens is 393 g/mol. The Morgan fingerprint density at radius 2 is 2.12 bits per heavy atom. The van der Waals surface area contributed by atoms with Gasteiger partial charge in [-0.15, -0.1) is 0 Å². The zero-order valence-electron chi connectivity index (χ0n) is 9.93. The van der Waals surface area contributed by atoms with Crippen LogP contribution >= 0.6 is 38.5 Å². The normalized spacial score (nSPS) is 10.3. The highest BCUT2D eigenvalue weighted by Gasteiger charge is 2.08. The maximum atomic E-state index is 11.9. The van der Waals surface area contributed by atoms with Gasteiger partial charge in [0.15, 0.2) is 0 Å². The van der Waals surface area contributed by atoms with Gasteiger partial charge in [-0.2, -0.15) is 0 Å². The second-order valence-corrected chi connectivity index (χ2v) is 5.96. The van der Waals surface area contributed by atoms with E-state index in [0.29, 0.717) is 0 Å². The quantitative estimate of drug-likeness (QED) is 0.428. The third-order valence-electron chi connectivity index (χ3n) is 2.54. The van der Waals surface area contributed by atoms with Crippen molar-refractivity contribution in [1.82, 2.24) is 5.32 Å². The first-order valence-electron chi connectivity index (χ1n) is 5.75. The molecule has 0 saturated carbocycles. The molecule has 2 nitrogen and oxygen atoms in total. The summed E-state index contributed by atoms with van der Waals surface area (Å²) in [5, 5.41) is 2.96. The SMILES string of the molecule is Cc1ccc(Br)cc1C(=O)NCCCCCI. The fourth-order valence-electron chi connectivity index (χ4n) is 1.53. The molecule has 0 saturated heterocycles. The second kappa shape index (κ2) is 8.08. The third-order valence-corrected chi connectivity index (χ3v) is 3.80. The number of rotatable bonds is 6. The average molecular weight is 410 g/mol. The first kappa shape index (κ1) is 15.0. The van der Waals surface area contributed by atoms with E-state index in [0.717, 1.165) is 28.6 Å². The van der Waals surface area contributed by atoms with Crippen LogP contribution in [0.5, 0.6) is 0 Å². The lowest BCUT2D eigenvalue weighted by Crippen LogP contribution is -2.25. The number of amides is 1. The molecule has 0 aliphatic carbocycles. The lowest BCUT2D eigenvalue weighted by atomic mass is 10.1. The van der Waals surface area contributed by atoms with Gasteiger partial charge in [0.05, 0.1) is 0 Å². The van der Waals surface area contributed by atoms with Crippen LogP contribution in [0.3, 0.4) is 0 Å². The van der Waals surface area contributed by atoms with Crippen molar-refractivity contribution >= 4 is 44.4 Å². The predicted octanol–water partition coefficient (Wildman–Crippen LogP) is 4.09. The first-order chi connectivity index (χ1) is 8.15. The summed E-state index contributed by atoms with van der Waals surface area (Å²) in [6, 6.07) is 5.77. The number of unbranched alkanes of at least 4 members (excludes halogenated alkanes) is 2. The number of carbonyl (C=O) groups is 1. The Morgan fingerprint density at radius 3 is 2.82 bits per heavy atom. The number of halogens is 2. The summed E-state index contributed by atoms with van der Waals surface area (Å²) in [7, 11) is 0. The molecule has 0 radical (unpaired) electrons. The summed E-state index contributed by atoms with van der Waals surface area (Å²) in [4.78, 5) is 11.9. The van der Waals surface area contributed by atoms with Crippen molar-refractivity contribution < 1.29 is 4.79 Å². The standard InChI is InChI=1S/C13H17BrINO/c1-10-5-6-11(14)9-12(10)13(17)16-8-4-2-3-7-15/h5-6,9H,2-4,7-8H2,1H3,(H,16,17). The highest BCUT2D eigenvalue weighted by molar-refractivity contribution is 14.1. The minimum Gasteiger partial charge on any atom is -0.352 e. The fraction of sp³-hybridized carbons (Fsp3) is 0.462. The van der Waals surface area contributed by atoms with Crippen LogP contribution in [0.15, 0.2) is 22.7 Å². The van der Waals surface area contributed by atoms with Gasteiger partial charge in [0, 0.05) is 16.6 Å². The zero-order chi connectivity index (χ0) is 12.7. The largest absolute Gasteiger partial charge is 0.352 e. The van der Waals surface area contributed by atoms with Crippen molar-refractivity contribution in [2.45, 2.75) is 26.2 Å². The summed E-state index contributed by atoms with van der Waals surface area (Å²) in [6.07, 6.45) is 3.47. The van der Waals surface area contributed by atoms with Crippen LogP contribution in [0.2, 0.25) is 0 Å². The molecular formula is C13H17BrINO. The van der Waals surface area contributed by atoms with Crippen LogP contribution in [-0.4, -0.2) is 16.9 Å². The van der Waals surface area contributed by atoms with Crippen molar-refractivity contribution in [3.63, 3.8) is 0 Å². The van der Waals surface area contributed by atoms with Crippen LogP contribution in [0.4, 0.5) is 0 Å². The smallest absolute Gasteiger partial charge is 0.251 e. The topological polar surface area (TPSA) is 29.1 Å². The van der Waals surface area contributed by atoms with Crippen molar-refractivity contribution in [3.8, 4) is 0 Å². The Balaban J connectivity index is 2.44. The van der Waals surface area contributed by atoms with E-state index in [-0.39, 0.29) is 5.91 Å². The molecule has 94 valence electrons. The maximum Gasteiger partial charge on any atom is 0.251 e. The van der Waals surface area contributed by atoms with Gasteiger partial charge < -0.3 is 5.32 Å². The number of alkyl halides is 1. The molecule has 0 aromatic heterocycles. The molecule has 0 heterocycles. The molecule has 0 fully saturated rings. The Labute approximate surface area is 125 Å². The van der Waals surface area contributed by atoms with E-state index in [9.17, 15) is 4.79 Å². The highest BCUT2D eigenvalue weighted by Crippen LogP contribution is 2.15. The van der Waals surface area contributed by atoms with Gasteiger partial charge in [0.25, 0.3) is 5.91 Å². The van der Waals surface area contributed by atoms with Gasteiger partial charge in [0.2, 0.25) is 0 Å². The molecule has 0 aliphatic rings. The first-order valence-corrected chi connectivity index (χ1v) is 8.07. The van der Waals surface area contributed by atoms with E-state index in [1.807, 2.05) is 25.1 Å². The van der Waals surface area contributed by atoms with Gasteiger partial charge in [0.1, 0.15) is 0 Å². The molecule has 4 heteroatoms. The van der Waals surface area contributed by atoms with Crippen molar-refractivity contribution in [2.75, 3.05) is 11.0 Å². The van der Waals surface area contributed by atoms with Crippen molar-refractivity contribution in [1.29, 1.82) is 0 Å². The summed E-state index contributed by atoms with van der Waals surface area (Å²) < 4.78 is 2.13. The Kier molecular flexibility index (Phi) is 7.11. The summed E-state index contributed by atoms with van der Waals surface area (Å²) >= 11 is 5.76. The Hall–Kier alpha value is -0.100. The minimum absolute atomic E-state index is 0.0262. The maximum absolute atomic E-state index is 11.9. The average Bonchev–Trinajstić information content (AvgIpc) is 2.32. The summed E-state index contributed by atoms with van der Waals surface area (Å²) in [5.41, 5.74) is 1.77. The van der Waals surface area contributed by atoms with Crippen LogP contribution in [0, 0.1) is 6.92 Å². The summed E-state index contributed by atoms with van der Waals surface area (Å²) in [6.45, 7) is 2.72. The monoisotopic (exact) mass is 409 g/mol. The lowest BCUT2D eigenvalue weighted by molar-refractivity contribution is 0.0952. The van der Waals surface area contributed by atoms with E-state index in [4.69, 9.17) is 0 Å². The van der Waals surface area contributed by atoms with Crippen molar-refractivity contribution in [2.24, 2.45) is 0 Å². The molecule has 0 aliphatic heterocycles. The van der Waals surface area contributed by atoms with Crippen molar-refractivity contribution in [3.05, 3.63) is 33.8 Å². The van der Waals surface area contributed by atoms with Gasteiger partial charge in [-0.1, -0.05) is 51.0 Å². The highest BCUT2D eigenvalue weighted by atomic mass is 127. The van der Waals surface area contributed by atoms with Gasteiger partial charge >= 0.3 is 0 Å². The predicted molar refractivity (Wildman–Crippen MR) is 84.0 cm³/mol. The number of carbonyl (C=O) groups excluding carboxylic acids is 1. The van der Waals surface area contributed by atoms with E-state index in [2.05, 4.69) is 43.8 Å². The van der Waals surface area contributed by atoms with E-state index in [1.165, 1.54) is 17.3 Å². The third kappa shape index (κ3) is 5.38. The fourth-order valence-corrected chi connectivity index (χ4v) is 2.43. The molecule has 1 aromatic rings. The molecule has 0 unspecified atom stereocenters. The number of hydrogen-bond acceptors (Lipinski definition) is 1. The zero-order valence-corrected chi connectivity index (χ0v) is 13.7. The van der Waals surface area contributed by atoms with Gasteiger partial charge in [-0.25, -0.2) is 0 Å². The molecule has 1 aromatic carbocycles. The van der Waals surface area contributed by atoms with Crippen LogP contribution in [0.25, 0.3) is 0 Å². The second-order valence-electron chi connectivity index (χ2n) is 3.96. The molecule has 1 amide bonds. The van der Waals surface area contributed by atoms with E-state index in [1.54, 1.807) is 0 Å². The molecule has 0 bridgehead atoms. The Morgan fingerprint density at radius 1 is 1.35 bits per heavy atom.